The van der Waals surface area contributed by atoms with Gasteiger partial charge in [-0.25, -0.2) is 0 Å². The van der Waals surface area contributed by atoms with E-state index in [-0.39, 0.29) is 0 Å². The van der Waals surface area contributed by atoms with Crippen molar-refractivity contribution in [2.45, 2.75) is 0 Å². The minimum atomic E-state index is 1.25. The SMILES string of the molecule is c1ccc2c(c1)-c1cc3ccc4c5ccccc5ccc4c3cc1-c1cc3ccc4c5ccccc5ccc4c3cc1-c1cc3ccc4c5ccccc5ccc4c3cc1-2. The standard InChI is InChI=1S/C60H34/c1-4-12-41-35(9-1)17-23-49-46(41)27-21-39-30-56-58(32-52(39)49)45-16-8-7-15-44(45)55-29-38-20-26-47-42-13-5-2-10-36(42)18-24-50(47)53(38)33-59(55)57-31-40-22-28-48-43-14-6-3-11-37(43)19-25-51(48)54(40)34-60(56)57/h1-34H. The molecule has 0 aromatic heterocycles. The predicted octanol–water partition coefficient (Wildman–Crippen LogP) is 17.0. The quantitative estimate of drug-likeness (QED) is 0.135. The minimum absolute atomic E-state index is 1.25. The zero-order valence-electron chi connectivity index (χ0n) is 32.6. The summed E-state index contributed by atoms with van der Waals surface area (Å²) in [7, 11) is 0. The molecule has 0 saturated carbocycles. The van der Waals surface area contributed by atoms with Crippen molar-refractivity contribution in [2.24, 2.45) is 0 Å². The van der Waals surface area contributed by atoms with E-state index in [2.05, 4.69) is 206 Å². The lowest BCUT2D eigenvalue weighted by Crippen LogP contribution is -1.99. The topological polar surface area (TPSA) is 0 Å². The van der Waals surface area contributed by atoms with Crippen molar-refractivity contribution in [1.82, 2.24) is 0 Å². The van der Waals surface area contributed by atoms with Crippen molar-refractivity contribution in [3.8, 4) is 44.5 Å². The van der Waals surface area contributed by atoms with Crippen LogP contribution < -0.4 is 0 Å². The van der Waals surface area contributed by atoms with Crippen LogP contribution in [0.1, 0.15) is 0 Å². The van der Waals surface area contributed by atoms with Crippen LogP contribution >= 0.6 is 0 Å². The van der Waals surface area contributed by atoms with Crippen LogP contribution in [0, 0.1) is 0 Å². The Balaban J connectivity index is 1.15. The van der Waals surface area contributed by atoms with Gasteiger partial charge in [0.2, 0.25) is 0 Å². The molecule has 0 saturated heterocycles. The molecule has 0 aliphatic heterocycles. The Bertz CT molecular complexity index is 4050. The molecular formula is C60H34. The lowest BCUT2D eigenvalue weighted by molar-refractivity contribution is 1.56. The van der Waals surface area contributed by atoms with Gasteiger partial charge in [-0.15, -0.1) is 0 Å². The third-order valence-corrected chi connectivity index (χ3v) is 13.7. The van der Waals surface area contributed by atoms with Crippen LogP contribution in [0.25, 0.3) is 141 Å². The summed E-state index contributed by atoms with van der Waals surface area (Å²) in [5.74, 6) is 0. The molecule has 13 aromatic rings. The summed E-state index contributed by atoms with van der Waals surface area (Å²) in [5.41, 5.74) is 10.1. The summed E-state index contributed by atoms with van der Waals surface area (Å²) >= 11 is 0. The Morgan fingerprint density at radius 3 is 0.750 bits per heavy atom. The van der Waals surface area contributed by atoms with Gasteiger partial charge in [0.25, 0.3) is 0 Å². The Kier molecular flexibility index (Phi) is 6.38. The molecule has 0 N–H and O–H groups in total. The Hall–Kier alpha value is -7.80. The first-order valence-corrected chi connectivity index (χ1v) is 21.0. The van der Waals surface area contributed by atoms with Crippen molar-refractivity contribution in [3.63, 3.8) is 0 Å². The van der Waals surface area contributed by atoms with Gasteiger partial charge in [-0.3, -0.25) is 0 Å². The molecule has 14 rings (SSSR count). The molecule has 60 heavy (non-hydrogen) atoms. The van der Waals surface area contributed by atoms with E-state index in [4.69, 9.17) is 0 Å². The highest BCUT2D eigenvalue weighted by atomic mass is 14.3. The fourth-order valence-corrected chi connectivity index (χ4v) is 10.9. The lowest BCUT2D eigenvalue weighted by atomic mass is 9.78. The van der Waals surface area contributed by atoms with Crippen LogP contribution in [0.15, 0.2) is 206 Å². The van der Waals surface area contributed by atoms with Gasteiger partial charge >= 0.3 is 0 Å². The van der Waals surface area contributed by atoms with E-state index < -0.39 is 0 Å². The average Bonchev–Trinajstić information content (AvgIpc) is 3.31. The van der Waals surface area contributed by atoms with E-state index in [1.165, 1.54) is 141 Å². The number of hydrogen-bond donors (Lipinski definition) is 0. The molecule has 0 radical (unpaired) electrons. The Morgan fingerprint density at radius 2 is 0.383 bits per heavy atom. The highest BCUT2D eigenvalue weighted by molar-refractivity contribution is 6.24. The van der Waals surface area contributed by atoms with Crippen LogP contribution in [0.4, 0.5) is 0 Å². The fourth-order valence-electron chi connectivity index (χ4n) is 10.9. The molecule has 0 atom stereocenters. The molecule has 0 nitrogen and oxygen atoms in total. The molecule has 0 bridgehead atoms. The van der Waals surface area contributed by atoms with Gasteiger partial charge in [-0.2, -0.15) is 0 Å². The van der Waals surface area contributed by atoms with Crippen molar-refractivity contribution in [2.75, 3.05) is 0 Å². The lowest BCUT2D eigenvalue weighted by Gasteiger charge is -2.25. The summed E-state index contributed by atoms with van der Waals surface area (Å²) < 4.78 is 0. The van der Waals surface area contributed by atoms with Crippen molar-refractivity contribution >= 4 is 97.0 Å². The molecule has 274 valence electrons. The van der Waals surface area contributed by atoms with Crippen molar-refractivity contribution in [1.29, 1.82) is 0 Å². The Labute approximate surface area is 346 Å². The van der Waals surface area contributed by atoms with Gasteiger partial charge in [-0.05, 0) is 178 Å². The smallest absolute Gasteiger partial charge is 0.00921 e. The first kappa shape index (κ1) is 32.2. The van der Waals surface area contributed by atoms with E-state index >= 15 is 0 Å². The number of benzene rings is 13. The van der Waals surface area contributed by atoms with Gasteiger partial charge in [0.1, 0.15) is 0 Å². The molecule has 0 unspecified atom stereocenters. The molecule has 0 amide bonds. The van der Waals surface area contributed by atoms with E-state index in [9.17, 15) is 0 Å². The third kappa shape index (κ3) is 4.40. The highest BCUT2D eigenvalue weighted by Gasteiger charge is 2.25. The number of fused-ring (bicyclic) bond motifs is 23. The molecule has 0 heteroatoms. The second kappa shape index (κ2) is 11.9. The zero-order valence-corrected chi connectivity index (χ0v) is 32.6. The second-order valence-electron chi connectivity index (χ2n) is 16.7. The molecule has 1 aliphatic carbocycles. The van der Waals surface area contributed by atoms with Gasteiger partial charge in [-0.1, -0.05) is 170 Å². The maximum absolute atomic E-state index is 2.51. The predicted molar refractivity (Wildman–Crippen MR) is 259 cm³/mol. The molecular weight excluding hydrogens is 721 g/mol. The van der Waals surface area contributed by atoms with Crippen LogP contribution in [0.3, 0.4) is 0 Å². The normalized spacial score (nSPS) is 12.3. The van der Waals surface area contributed by atoms with Crippen LogP contribution in [0.2, 0.25) is 0 Å². The second-order valence-corrected chi connectivity index (χ2v) is 16.7. The Morgan fingerprint density at radius 1 is 0.133 bits per heavy atom. The summed E-state index contributed by atoms with van der Waals surface area (Å²) in [4.78, 5) is 0. The summed E-state index contributed by atoms with van der Waals surface area (Å²) in [6.07, 6.45) is 0. The van der Waals surface area contributed by atoms with Gasteiger partial charge in [0.15, 0.2) is 0 Å². The van der Waals surface area contributed by atoms with Crippen molar-refractivity contribution in [3.05, 3.63) is 206 Å². The third-order valence-electron chi connectivity index (χ3n) is 13.7. The first-order valence-electron chi connectivity index (χ1n) is 21.0. The summed E-state index contributed by atoms with van der Waals surface area (Å²) in [6, 6.07) is 78.2. The molecule has 0 spiro atoms. The maximum atomic E-state index is 2.51. The van der Waals surface area contributed by atoms with Crippen LogP contribution in [-0.2, 0) is 0 Å². The van der Waals surface area contributed by atoms with E-state index in [1.54, 1.807) is 0 Å². The van der Waals surface area contributed by atoms with E-state index in [0.717, 1.165) is 0 Å². The highest BCUT2D eigenvalue weighted by Crippen LogP contribution is 2.52. The van der Waals surface area contributed by atoms with Gasteiger partial charge in [0, 0.05) is 0 Å². The molecule has 0 fully saturated rings. The summed E-state index contributed by atoms with van der Waals surface area (Å²) in [6.45, 7) is 0. The number of rotatable bonds is 0. The van der Waals surface area contributed by atoms with Crippen LogP contribution in [-0.4, -0.2) is 0 Å². The summed E-state index contributed by atoms with van der Waals surface area (Å²) in [5, 5.41) is 23.0. The monoisotopic (exact) mass is 754 g/mol. The molecule has 13 aromatic carbocycles. The van der Waals surface area contributed by atoms with Crippen molar-refractivity contribution < 1.29 is 0 Å². The van der Waals surface area contributed by atoms with E-state index in [0.29, 0.717) is 0 Å². The largest absolute Gasteiger partial charge is 0.0616 e. The average molecular weight is 755 g/mol. The molecule has 0 heterocycles. The fraction of sp³-hybridized carbons (Fsp3) is 0. The maximum Gasteiger partial charge on any atom is -0.00921 e. The van der Waals surface area contributed by atoms with Gasteiger partial charge in [0.05, 0.1) is 0 Å². The zero-order chi connectivity index (χ0) is 39.1. The first-order chi connectivity index (χ1) is 29.7. The van der Waals surface area contributed by atoms with E-state index in [1.807, 2.05) is 0 Å². The number of hydrogen-bond acceptors (Lipinski definition) is 0. The van der Waals surface area contributed by atoms with Crippen LogP contribution in [0.5, 0.6) is 0 Å². The minimum Gasteiger partial charge on any atom is -0.0616 e. The molecule has 1 aliphatic rings. The van der Waals surface area contributed by atoms with Gasteiger partial charge < -0.3 is 0 Å².